The van der Waals surface area contributed by atoms with E-state index in [1.807, 2.05) is 45.0 Å². The highest BCUT2D eigenvalue weighted by molar-refractivity contribution is 5.93. The molecule has 27 heavy (non-hydrogen) atoms. The van der Waals surface area contributed by atoms with Crippen molar-refractivity contribution in [1.82, 2.24) is 0 Å². The smallest absolute Gasteiger partial charge is 0.310 e. The first kappa shape index (κ1) is 20.3. The van der Waals surface area contributed by atoms with Crippen LogP contribution in [-0.4, -0.2) is 31.7 Å². The molecule has 0 bridgehead atoms. The van der Waals surface area contributed by atoms with E-state index in [1.165, 1.54) is 0 Å². The van der Waals surface area contributed by atoms with Gasteiger partial charge >= 0.3 is 5.97 Å². The molecule has 0 fully saturated rings. The Morgan fingerprint density at radius 2 is 1.59 bits per heavy atom. The van der Waals surface area contributed by atoms with Crippen LogP contribution in [0.2, 0.25) is 0 Å². The number of nitrogens with one attached hydrogen (secondary N) is 1. The fraction of sp³-hybridized carbons (Fsp3) is 0.333. The van der Waals surface area contributed by atoms with Crippen LogP contribution in [0.1, 0.15) is 25.0 Å². The highest BCUT2D eigenvalue weighted by Gasteiger charge is 2.11. The number of esters is 1. The minimum absolute atomic E-state index is 0.130. The highest BCUT2D eigenvalue weighted by atomic mass is 16.5. The molecule has 0 aliphatic heterocycles. The largest absolute Gasteiger partial charge is 0.490 e. The van der Waals surface area contributed by atoms with Gasteiger partial charge in [-0.2, -0.15) is 0 Å². The third-order valence-electron chi connectivity index (χ3n) is 3.66. The van der Waals surface area contributed by atoms with Crippen molar-refractivity contribution in [3.63, 3.8) is 0 Å². The van der Waals surface area contributed by atoms with Crippen LogP contribution in [0.5, 0.6) is 11.5 Å². The maximum absolute atomic E-state index is 12.0. The molecule has 0 atom stereocenters. The summed E-state index contributed by atoms with van der Waals surface area (Å²) in [7, 11) is 0. The zero-order valence-electron chi connectivity index (χ0n) is 15.9. The fourth-order valence-corrected chi connectivity index (χ4v) is 2.40. The van der Waals surface area contributed by atoms with Gasteiger partial charge in [0.1, 0.15) is 0 Å². The molecule has 6 nitrogen and oxygen atoms in total. The van der Waals surface area contributed by atoms with Crippen molar-refractivity contribution in [3.8, 4) is 11.5 Å². The summed E-state index contributed by atoms with van der Waals surface area (Å²) in [6.07, 6.45) is 0.130. The van der Waals surface area contributed by atoms with Crippen molar-refractivity contribution in [3.05, 3.63) is 53.6 Å². The van der Waals surface area contributed by atoms with Crippen molar-refractivity contribution >= 4 is 17.6 Å². The second kappa shape index (κ2) is 10.2. The van der Waals surface area contributed by atoms with Gasteiger partial charge < -0.3 is 19.5 Å². The second-order valence-corrected chi connectivity index (χ2v) is 5.90. The molecule has 0 saturated heterocycles. The molecule has 6 heteroatoms. The first-order valence-electron chi connectivity index (χ1n) is 8.92. The third kappa shape index (κ3) is 6.66. The van der Waals surface area contributed by atoms with E-state index in [-0.39, 0.29) is 13.0 Å². The molecular formula is C21H25NO5. The number of benzene rings is 2. The van der Waals surface area contributed by atoms with Crippen molar-refractivity contribution in [2.24, 2.45) is 0 Å². The van der Waals surface area contributed by atoms with E-state index in [0.29, 0.717) is 30.4 Å². The number of hydrogen-bond donors (Lipinski definition) is 1. The standard InChI is InChI=1S/C21H25NO5/c1-4-25-18-11-10-17(13-19(18)26-5-2)22-20(23)14-27-21(24)12-16-8-6-15(3)7-9-16/h6-11,13H,4-5,12,14H2,1-3H3,(H,22,23). The average Bonchev–Trinajstić information content (AvgIpc) is 2.64. The van der Waals surface area contributed by atoms with Gasteiger partial charge in [0.15, 0.2) is 18.1 Å². The van der Waals surface area contributed by atoms with Crippen LogP contribution < -0.4 is 14.8 Å². The van der Waals surface area contributed by atoms with E-state index in [1.54, 1.807) is 18.2 Å². The average molecular weight is 371 g/mol. The Bertz CT molecular complexity index is 771. The van der Waals surface area contributed by atoms with Gasteiger partial charge in [-0.15, -0.1) is 0 Å². The molecule has 144 valence electrons. The Morgan fingerprint density at radius 3 is 2.26 bits per heavy atom. The van der Waals surface area contributed by atoms with Crippen molar-refractivity contribution < 1.29 is 23.8 Å². The minimum Gasteiger partial charge on any atom is -0.490 e. The van der Waals surface area contributed by atoms with Gasteiger partial charge in [-0.1, -0.05) is 29.8 Å². The molecule has 2 aromatic carbocycles. The number of hydrogen-bond acceptors (Lipinski definition) is 5. The number of amides is 1. The normalized spacial score (nSPS) is 10.2. The lowest BCUT2D eigenvalue weighted by molar-refractivity contribution is -0.146. The molecule has 0 aliphatic carbocycles. The Hall–Kier alpha value is -3.02. The summed E-state index contributed by atoms with van der Waals surface area (Å²) in [6.45, 7) is 6.38. The van der Waals surface area contributed by atoms with Gasteiger partial charge in [0.05, 0.1) is 19.6 Å². The number of ether oxygens (including phenoxy) is 3. The Morgan fingerprint density at radius 1 is 0.926 bits per heavy atom. The van der Waals surface area contributed by atoms with Crippen LogP contribution in [0.25, 0.3) is 0 Å². The van der Waals surface area contributed by atoms with Crippen LogP contribution in [0.3, 0.4) is 0 Å². The lowest BCUT2D eigenvalue weighted by Gasteiger charge is -2.13. The molecule has 0 saturated carbocycles. The first-order valence-corrected chi connectivity index (χ1v) is 8.92. The molecule has 0 aromatic heterocycles. The molecule has 1 N–H and O–H groups in total. The molecule has 1 amide bonds. The van der Waals surface area contributed by atoms with E-state index in [2.05, 4.69) is 5.32 Å². The summed E-state index contributed by atoms with van der Waals surface area (Å²) < 4.78 is 16.1. The van der Waals surface area contributed by atoms with Crippen LogP contribution >= 0.6 is 0 Å². The first-order chi connectivity index (χ1) is 13.0. The van der Waals surface area contributed by atoms with Gasteiger partial charge in [0.2, 0.25) is 0 Å². The van der Waals surface area contributed by atoms with Gasteiger partial charge in [-0.3, -0.25) is 9.59 Å². The van der Waals surface area contributed by atoms with Gasteiger partial charge in [0.25, 0.3) is 5.91 Å². The molecule has 0 radical (unpaired) electrons. The van der Waals surface area contributed by atoms with E-state index < -0.39 is 11.9 Å². The SMILES string of the molecule is CCOc1ccc(NC(=O)COC(=O)Cc2ccc(C)cc2)cc1OCC. The number of carbonyl (C=O) groups is 2. The number of carbonyl (C=O) groups excluding carboxylic acids is 2. The van der Waals surface area contributed by atoms with E-state index in [9.17, 15) is 9.59 Å². The zero-order chi connectivity index (χ0) is 19.6. The third-order valence-corrected chi connectivity index (χ3v) is 3.66. The predicted molar refractivity (Wildman–Crippen MR) is 103 cm³/mol. The summed E-state index contributed by atoms with van der Waals surface area (Å²) >= 11 is 0. The molecular weight excluding hydrogens is 346 g/mol. The molecule has 2 aromatic rings. The topological polar surface area (TPSA) is 73.9 Å². The van der Waals surface area contributed by atoms with E-state index in [4.69, 9.17) is 14.2 Å². The highest BCUT2D eigenvalue weighted by Crippen LogP contribution is 2.30. The summed E-state index contributed by atoms with van der Waals surface area (Å²) in [5.74, 6) is 0.296. The van der Waals surface area contributed by atoms with E-state index in [0.717, 1.165) is 11.1 Å². The molecule has 0 aliphatic rings. The monoisotopic (exact) mass is 371 g/mol. The Kier molecular flexibility index (Phi) is 7.67. The quantitative estimate of drug-likeness (QED) is 0.683. The molecule has 2 rings (SSSR count). The van der Waals surface area contributed by atoms with Crippen molar-refractivity contribution in [2.45, 2.75) is 27.2 Å². The second-order valence-electron chi connectivity index (χ2n) is 5.90. The minimum atomic E-state index is -0.448. The summed E-state index contributed by atoms with van der Waals surface area (Å²) in [6, 6.07) is 12.7. The summed E-state index contributed by atoms with van der Waals surface area (Å²) in [4.78, 5) is 23.9. The zero-order valence-corrected chi connectivity index (χ0v) is 15.9. The van der Waals surface area contributed by atoms with Crippen molar-refractivity contribution in [2.75, 3.05) is 25.1 Å². The summed E-state index contributed by atoms with van der Waals surface area (Å²) in [5, 5.41) is 2.69. The van der Waals surface area contributed by atoms with E-state index >= 15 is 0 Å². The lowest BCUT2D eigenvalue weighted by Crippen LogP contribution is -2.21. The lowest BCUT2D eigenvalue weighted by atomic mass is 10.1. The van der Waals surface area contributed by atoms with Gasteiger partial charge in [-0.05, 0) is 38.5 Å². The van der Waals surface area contributed by atoms with Crippen LogP contribution in [0, 0.1) is 6.92 Å². The molecule has 0 heterocycles. The number of aryl methyl sites for hydroxylation is 1. The maximum Gasteiger partial charge on any atom is 0.310 e. The Balaban J connectivity index is 1.86. The predicted octanol–water partition coefficient (Wildman–Crippen LogP) is 3.52. The fourth-order valence-electron chi connectivity index (χ4n) is 2.40. The number of rotatable bonds is 9. The van der Waals surface area contributed by atoms with Crippen LogP contribution in [0.4, 0.5) is 5.69 Å². The molecule has 0 spiro atoms. The molecule has 0 unspecified atom stereocenters. The van der Waals surface area contributed by atoms with Gasteiger partial charge in [-0.25, -0.2) is 0 Å². The Labute approximate surface area is 159 Å². The summed E-state index contributed by atoms with van der Waals surface area (Å²) in [5.41, 5.74) is 2.51. The maximum atomic E-state index is 12.0. The van der Waals surface area contributed by atoms with Crippen LogP contribution in [-0.2, 0) is 20.7 Å². The van der Waals surface area contributed by atoms with Gasteiger partial charge in [0, 0.05) is 11.8 Å². The van der Waals surface area contributed by atoms with Crippen molar-refractivity contribution in [1.29, 1.82) is 0 Å². The number of anilines is 1. The van der Waals surface area contributed by atoms with Crippen LogP contribution in [0.15, 0.2) is 42.5 Å².